The lowest BCUT2D eigenvalue weighted by molar-refractivity contribution is 0.251. The normalized spacial score (nSPS) is 12.0. The van der Waals surface area contributed by atoms with Crippen LogP contribution in [0.15, 0.2) is 54.7 Å². The first-order chi connectivity index (χ1) is 10.7. The van der Waals surface area contributed by atoms with Crippen LogP contribution in [-0.2, 0) is 0 Å². The summed E-state index contributed by atoms with van der Waals surface area (Å²) in [6.07, 6.45) is 1.73. The van der Waals surface area contributed by atoms with E-state index in [1.165, 1.54) is 5.56 Å². The zero-order chi connectivity index (χ0) is 15.4. The Morgan fingerprint density at radius 1 is 1.23 bits per heavy atom. The lowest BCUT2D eigenvalue weighted by Crippen LogP contribution is -2.31. The Balaban J connectivity index is 1.56. The molecule has 0 saturated heterocycles. The first-order valence-electron chi connectivity index (χ1n) is 7.25. The summed E-state index contributed by atoms with van der Waals surface area (Å²) in [5, 5.41) is 13.5. The molecular weight excluding hydrogens is 276 g/mol. The highest BCUT2D eigenvalue weighted by Crippen LogP contribution is 2.17. The number of nitrogens with zero attached hydrogens (tertiary/aromatic N) is 1. The average molecular weight is 294 g/mol. The van der Waals surface area contributed by atoms with Crippen LogP contribution in [0, 0.1) is 0 Å². The molecule has 0 fully saturated rings. The molecule has 3 rings (SSSR count). The molecule has 2 aromatic carbocycles. The molecule has 0 aliphatic heterocycles. The number of fused-ring (bicyclic) bond motifs is 1. The SMILES string of the molecule is CC(CNC(=O)Nc1ccc2[nH]ncc2c1)c1ccccc1. The third-order valence-electron chi connectivity index (χ3n) is 3.64. The third-order valence-corrected chi connectivity index (χ3v) is 3.64. The number of nitrogens with one attached hydrogen (secondary N) is 3. The molecule has 3 N–H and O–H groups in total. The summed E-state index contributed by atoms with van der Waals surface area (Å²) in [6, 6.07) is 15.6. The predicted molar refractivity (Wildman–Crippen MR) is 88.0 cm³/mol. The van der Waals surface area contributed by atoms with Crippen molar-refractivity contribution in [2.24, 2.45) is 0 Å². The van der Waals surface area contributed by atoms with Crippen LogP contribution >= 0.6 is 0 Å². The lowest BCUT2D eigenvalue weighted by Gasteiger charge is -2.13. The van der Waals surface area contributed by atoms with Gasteiger partial charge in [0.1, 0.15) is 0 Å². The van der Waals surface area contributed by atoms with Crippen LogP contribution in [0.25, 0.3) is 10.9 Å². The van der Waals surface area contributed by atoms with Crippen LogP contribution in [0.4, 0.5) is 10.5 Å². The molecule has 0 spiro atoms. The smallest absolute Gasteiger partial charge is 0.319 e. The summed E-state index contributed by atoms with van der Waals surface area (Å²) in [5.74, 6) is 0.267. The number of carbonyl (C=O) groups is 1. The number of benzene rings is 2. The largest absolute Gasteiger partial charge is 0.337 e. The van der Waals surface area contributed by atoms with E-state index in [0.29, 0.717) is 6.54 Å². The molecular formula is C17H18N4O. The van der Waals surface area contributed by atoms with Crippen molar-refractivity contribution >= 4 is 22.6 Å². The fraction of sp³-hybridized carbons (Fsp3) is 0.176. The second-order valence-corrected chi connectivity index (χ2v) is 5.32. The van der Waals surface area contributed by atoms with Gasteiger partial charge in [-0.1, -0.05) is 37.3 Å². The fourth-order valence-electron chi connectivity index (χ4n) is 2.34. The van der Waals surface area contributed by atoms with Gasteiger partial charge in [-0.25, -0.2) is 4.79 Å². The average Bonchev–Trinajstić information content (AvgIpc) is 3.01. The topological polar surface area (TPSA) is 69.8 Å². The molecule has 0 aliphatic carbocycles. The highest BCUT2D eigenvalue weighted by molar-refractivity contribution is 5.92. The Morgan fingerprint density at radius 3 is 2.86 bits per heavy atom. The van der Waals surface area contributed by atoms with Gasteiger partial charge in [-0.15, -0.1) is 0 Å². The Labute approximate surface area is 128 Å². The molecule has 0 bridgehead atoms. The van der Waals surface area contributed by atoms with Crippen LogP contribution < -0.4 is 10.6 Å². The van der Waals surface area contributed by atoms with Crippen molar-refractivity contribution in [1.29, 1.82) is 0 Å². The molecule has 1 heterocycles. The molecule has 1 unspecified atom stereocenters. The van der Waals surface area contributed by atoms with Crippen molar-refractivity contribution in [3.05, 3.63) is 60.3 Å². The molecule has 22 heavy (non-hydrogen) atoms. The molecule has 0 aliphatic rings. The van der Waals surface area contributed by atoms with E-state index in [0.717, 1.165) is 16.6 Å². The Bertz CT molecular complexity index is 766. The second kappa shape index (κ2) is 6.30. The summed E-state index contributed by atoms with van der Waals surface area (Å²) >= 11 is 0. The summed E-state index contributed by atoms with van der Waals surface area (Å²) in [4.78, 5) is 12.0. The van der Waals surface area contributed by atoms with E-state index in [9.17, 15) is 4.79 Å². The quantitative estimate of drug-likeness (QED) is 0.689. The molecule has 2 amide bonds. The standard InChI is InChI=1S/C17H18N4O/c1-12(13-5-3-2-4-6-13)10-18-17(22)20-15-7-8-16-14(9-15)11-19-21-16/h2-9,11-12H,10H2,1H3,(H,19,21)(H2,18,20,22). The highest BCUT2D eigenvalue weighted by Gasteiger charge is 2.08. The fourth-order valence-corrected chi connectivity index (χ4v) is 2.34. The lowest BCUT2D eigenvalue weighted by atomic mass is 10.0. The number of anilines is 1. The van der Waals surface area contributed by atoms with E-state index < -0.39 is 0 Å². The van der Waals surface area contributed by atoms with Gasteiger partial charge in [-0.3, -0.25) is 5.10 Å². The van der Waals surface area contributed by atoms with E-state index in [2.05, 4.69) is 39.9 Å². The maximum atomic E-state index is 12.0. The van der Waals surface area contributed by atoms with E-state index in [1.807, 2.05) is 36.4 Å². The molecule has 5 nitrogen and oxygen atoms in total. The monoisotopic (exact) mass is 294 g/mol. The maximum absolute atomic E-state index is 12.0. The van der Waals surface area contributed by atoms with Crippen LogP contribution in [-0.4, -0.2) is 22.8 Å². The number of aromatic nitrogens is 2. The number of rotatable bonds is 4. The van der Waals surface area contributed by atoms with E-state index >= 15 is 0 Å². The van der Waals surface area contributed by atoms with Gasteiger partial charge in [0.05, 0.1) is 11.7 Å². The van der Waals surface area contributed by atoms with Crippen LogP contribution in [0.3, 0.4) is 0 Å². The third kappa shape index (κ3) is 3.25. The minimum Gasteiger partial charge on any atom is -0.337 e. The van der Waals surface area contributed by atoms with Gasteiger partial charge in [0, 0.05) is 17.6 Å². The zero-order valence-electron chi connectivity index (χ0n) is 12.3. The molecule has 5 heteroatoms. The number of amides is 2. The van der Waals surface area contributed by atoms with Crippen molar-refractivity contribution in [1.82, 2.24) is 15.5 Å². The molecule has 1 atom stereocenters. The number of urea groups is 1. The highest BCUT2D eigenvalue weighted by atomic mass is 16.2. The molecule has 0 radical (unpaired) electrons. The zero-order valence-corrected chi connectivity index (χ0v) is 12.3. The Morgan fingerprint density at radius 2 is 2.05 bits per heavy atom. The minimum atomic E-state index is -0.203. The summed E-state index contributed by atoms with van der Waals surface area (Å²) in [6.45, 7) is 2.68. The Hall–Kier alpha value is -2.82. The summed E-state index contributed by atoms with van der Waals surface area (Å²) in [5.41, 5.74) is 2.91. The van der Waals surface area contributed by atoms with E-state index in [-0.39, 0.29) is 11.9 Å². The van der Waals surface area contributed by atoms with Gasteiger partial charge in [0.2, 0.25) is 0 Å². The molecule has 0 saturated carbocycles. The van der Waals surface area contributed by atoms with Gasteiger partial charge in [0.25, 0.3) is 0 Å². The van der Waals surface area contributed by atoms with Crippen LogP contribution in [0.5, 0.6) is 0 Å². The van der Waals surface area contributed by atoms with E-state index in [4.69, 9.17) is 0 Å². The van der Waals surface area contributed by atoms with Gasteiger partial charge < -0.3 is 10.6 Å². The van der Waals surface area contributed by atoms with Crippen molar-refractivity contribution in [2.45, 2.75) is 12.8 Å². The first-order valence-corrected chi connectivity index (χ1v) is 7.25. The molecule has 1 aromatic heterocycles. The number of hydrogen-bond donors (Lipinski definition) is 3. The maximum Gasteiger partial charge on any atom is 0.319 e. The summed E-state index contributed by atoms with van der Waals surface area (Å²) in [7, 11) is 0. The molecule has 112 valence electrons. The van der Waals surface area contributed by atoms with E-state index in [1.54, 1.807) is 6.20 Å². The minimum absolute atomic E-state index is 0.203. The number of carbonyl (C=O) groups excluding carboxylic acids is 1. The van der Waals surface area contributed by atoms with Crippen molar-refractivity contribution in [2.75, 3.05) is 11.9 Å². The Kier molecular flexibility index (Phi) is 4.05. The number of hydrogen-bond acceptors (Lipinski definition) is 2. The second-order valence-electron chi connectivity index (χ2n) is 5.32. The van der Waals surface area contributed by atoms with Crippen molar-refractivity contribution in [3.63, 3.8) is 0 Å². The first kappa shape index (κ1) is 14.1. The number of H-pyrrole nitrogens is 1. The van der Waals surface area contributed by atoms with Crippen molar-refractivity contribution < 1.29 is 4.79 Å². The number of aromatic amines is 1. The summed E-state index contributed by atoms with van der Waals surface area (Å²) < 4.78 is 0. The van der Waals surface area contributed by atoms with Gasteiger partial charge in [-0.05, 0) is 29.7 Å². The van der Waals surface area contributed by atoms with Crippen LogP contribution in [0.2, 0.25) is 0 Å². The van der Waals surface area contributed by atoms with Gasteiger partial charge in [0.15, 0.2) is 0 Å². The van der Waals surface area contributed by atoms with Gasteiger partial charge >= 0.3 is 6.03 Å². The van der Waals surface area contributed by atoms with Gasteiger partial charge in [-0.2, -0.15) is 5.10 Å². The van der Waals surface area contributed by atoms with Crippen LogP contribution in [0.1, 0.15) is 18.4 Å². The molecule has 3 aromatic rings. The predicted octanol–water partition coefficient (Wildman–Crippen LogP) is 3.49. The van der Waals surface area contributed by atoms with Crippen molar-refractivity contribution in [3.8, 4) is 0 Å².